The van der Waals surface area contributed by atoms with E-state index >= 15 is 0 Å². The van der Waals surface area contributed by atoms with Crippen LogP contribution in [0.4, 0.5) is 14.9 Å². The van der Waals surface area contributed by atoms with E-state index in [9.17, 15) is 19.2 Å². The first-order chi connectivity index (χ1) is 14.0. The van der Waals surface area contributed by atoms with Gasteiger partial charge < -0.3 is 11.1 Å². The van der Waals surface area contributed by atoms with Gasteiger partial charge in [-0.1, -0.05) is 12.2 Å². The van der Waals surface area contributed by atoms with Crippen LogP contribution >= 0.6 is 0 Å². The number of rotatable bonds is 2. The Kier molecular flexibility index (Phi) is 5.12. The molecule has 0 bridgehead atoms. The Morgan fingerprint density at radius 2 is 2.07 bits per heavy atom. The van der Waals surface area contributed by atoms with E-state index in [1.165, 1.54) is 41.1 Å². The lowest BCUT2D eigenvalue weighted by atomic mass is 9.67. The van der Waals surface area contributed by atoms with Gasteiger partial charge in [0, 0.05) is 24.8 Å². The Balaban J connectivity index is 1.99. The second-order valence-electron chi connectivity index (χ2n) is 7.86. The molecule has 9 heteroatoms. The van der Waals surface area contributed by atoms with E-state index in [4.69, 9.17) is 5.73 Å². The second-order valence-corrected chi connectivity index (χ2v) is 7.86. The first kappa shape index (κ1) is 21.0. The first-order valence-electron chi connectivity index (χ1n) is 9.32. The average Bonchev–Trinajstić information content (AvgIpc) is 2.72. The fourth-order valence-corrected chi connectivity index (χ4v) is 3.54. The number of amides is 3. The van der Waals surface area contributed by atoms with E-state index in [0.29, 0.717) is 5.69 Å². The monoisotopic (exact) mass is 410 g/mol. The molecule has 3 rings (SSSR count). The van der Waals surface area contributed by atoms with Gasteiger partial charge >= 0.3 is 6.03 Å². The number of nitrogens with zero attached hydrogens (tertiary/aromatic N) is 4. The first-order valence-corrected chi connectivity index (χ1v) is 9.32. The summed E-state index contributed by atoms with van der Waals surface area (Å²) >= 11 is 0. The van der Waals surface area contributed by atoms with Crippen molar-refractivity contribution in [3.05, 3.63) is 53.5 Å². The molecule has 2 heterocycles. The molecule has 0 radical (unpaired) electrons. The zero-order chi connectivity index (χ0) is 22.3. The van der Waals surface area contributed by atoms with Crippen LogP contribution in [0, 0.1) is 22.6 Å². The predicted molar refractivity (Wildman–Crippen MR) is 110 cm³/mol. The molecular weight excluding hydrogens is 387 g/mol. The van der Waals surface area contributed by atoms with Crippen LogP contribution in [-0.4, -0.2) is 41.3 Å². The smallest absolute Gasteiger partial charge is 0.327 e. The summed E-state index contributed by atoms with van der Waals surface area (Å²) in [4.78, 5) is 32.4. The normalized spacial score (nSPS) is 22.9. The van der Waals surface area contributed by atoms with Gasteiger partial charge in [0.2, 0.25) is 5.91 Å². The van der Waals surface area contributed by atoms with Gasteiger partial charge in [0.1, 0.15) is 23.1 Å². The molecule has 0 saturated carbocycles. The summed E-state index contributed by atoms with van der Waals surface area (Å²) in [6.45, 7) is 5.24. The van der Waals surface area contributed by atoms with Crippen molar-refractivity contribution in [2.45, 2.75) is 26.3 Å². The van der Waals surface area contributed by atoms with E-state index in [0.717, 1.165) is 0 Å². The van der Waals surface area contributed by atoms with Crippen LogP contribution in [0.1, 0.15) is 26.3 Å². The number of hydrogen-bond acceptors (Lipinski definition) is 5. The highest BCUT2D eigenvalue weighted by molar-refractivity contribution is 6.01. The summed E-state index contributed by atoms with van der Waals surface area (Å²) in [6, 6.07) is 5.49. The van der Waals surface area contributed by atoms with Crippen LogP contribution in [0.25, 0.3) is 0 Å². The highest BCUT2D eigenvalue weighted by atomic mass is 19.1. The minimum absolute atomic E-state index is 0.0143. The zero-order valence-electron chi connectivity index (χ0n) is 17.2. The van der Waals surface area contributed by atoms with Gasteiger partial charge in [-0.05, 0) is 45.0 Å². The van der Waals surface area contributed by atoms with E-state index in [1.807, 2.05) is 6.07 Å². The third-order valence-corrected chi connectivity index (χ3v) is 5.81. The molecule has 156 valence electrons. The molecule has 0 aliphatic carbocycles. The Bertz CT molecular complexity index is 1050. The van der Waals surface area contributed by atoms with Crippen molar-refractivity contribution in [2.24, 2.45) is 16.1 Å². The Labute approximate surface area is 174 Å². The number of benzene rings is 1. The lowest BCUT2D eigenvalue weighted by Gasteiger charge is -2.46. The van der Waals surface area contributed by atoms with Crippen molar-refractivity contribution in [3.8, 4) is 6.07 Å². The van der Waals surface area contributed by atoms with Gasteiger partial charge in [0.25, 0.3) is 0 Å². The predicted octanol–water partition coefficient (Wildman–Crippen LogP) is 2.66. The van der Waals surface area contributed by atoms with Gasteiger partial charge in [-0.2, -0.15) is 5.26 Å². The Hall–Kier alpha value is -3.67. The maximum absolute atomic E-state index is 14.9. The third kappa shape index (κ3) is 3.20. The summed E-state index contributed by atoms with van der Waals surface area (Å²) in [5.74, 6) is -0.884. The van der Waals surface area contributed by atoms with Crippen LogP contribution in [-0.2, 0) is 10.3 Å². The number of carbonyl (C=O) groups is 2. The minimum atomic E-state index is -1.29. The van der Waals surface area contributed by atoms with Crippen LogP contribution in [0.15, 0.2) is 47.1 Å². The third-order valence-electron chi connectivity index (χ3n) is 5.81. The van der Waals surface area contributed by atoms with Crippen molar-refractivity contribution in [1.82, 2.24) is 9.80 Å². The Morgan fingerprint density at radius 1 is 1.37 bits per heavy atom. The molecular formula is C21H23FN6O2. The van der Waals surface area contributed by atoms with Crippen molar-refractivity contribution in [3.63, 3.8) is 0 Å². The van der Waals surface area contributed by atoms with E-state index in [1.54, 1.807) is 32.9 Å². The van der Waals surface area contributed by atoms with Crippen molar-refractivity contribution in [2.75, 3.05) is 18.9 Å². The lowest BCUT2D eigenvalue weighted by Crippen LogP contribution is -2.58. The average molecular weight is 410 g/mol. The molecule has 2 aliphatic rings. The standard InChI is InChI=1S/C21H23FN6O2/c1-20(2)17(29)27(4)18(24)26-21(20,3)15-11-13(8-9-16(15)22)25-19(30)28-10-6-5-7-14(28)12-23/h5-9,11H,10H2,1-4H3,(H2,24,26)(H,25,30)/t21-/m1/s1. The summed E-state index contributed by atoms with van der Waals surface area (Å²) in [5.41, 5.74) is 4.16. The zero-order valence-corrected chi connectivity index (χ0v) is 17.2. The van der Waals surface area contributed by atoms with Gasteiger partial charge in [-0.3, -0.25) is 14.6 Å². The molecule has 2 aliphatic heterocycles. The molecule has 1 aromatic carbocycles. The van der Waals surface area contributed by atoms with Crippen molar-refractivity contribution in [1.29, 1.82) is 5.26 Å². The van der Waals surface area contributed by atoms with Crippen molar-refractivity contribution >= 4 is 23.6 Å². The number of aliphatic imine (C=N–C) groups is 1. The number of guanidine groups is 1. The number of carbonyl (C=O) groups excluding carboxylic acids is 2. The maximum atomic E-state index is 14.9. The number of halogens is 1. The number of nitrogens with one attached hydrogen (secondary N) is 1. The molecule has 1 atom stereocenters. The van der Waals surface area contributed by atoms with Crippen molar-refractivity contribution < 1.29 is 14.0 Å². The number of urea groups is 1. The summed E-state index contributed by atoms with van der Waals surface area (Å²) < 4.78 is 14.9. The SMILES string of the molecule is CN1C(=O)C(C)(C)[C@@](C)(c2cc(NC(=O)N3CC=CC=C3C#N)ccc2F)N=C1N. The topological polar surface area (TPSA) is 115 Å². The van der Waals surface area contributed by atoms with Crippen LogP contribution in [0.2, 0.25) is 0 Å². The fourth-order valence-electron chi connectivity index (χ4n) is 3.54. The molecule has 0 fully saturated rings. The van der Waals surface area contributed by atoms with Crippen LogP contribution < -0.4 is 11.1 Å². The molecule has 8 nitrogen and oxygen atoms in total. The van der Waals surface area contributed by atoms with E-state index in [2.05, 4.69) is 10.3 Å². The highest BCUT2D eigenvalue weighted by Crippen LogP contribution is 2.47. The number of nitrogens with two attached hydrogens (primary N) is 1. The molecule has 3 N–H and O–H groups in total. The fraction of sp³-hybridized carbons (Fsp3) is 0.333. The minimum Gasteiger partial charge on any atom is -0.369 e. The van der Waals surface area contributed by atoms with Gasteiger partial charge in [0.05, 0.1) is 5.41 Å². The maximum Gasteiger partial charge on any atom is 0.327 e. The van der Waals surface area contributed by atoms with Gasteiger partial charge in [0.15, 0.2) is 5.96 Å². The Morgan fingerprint density at radius 3 is 2.73 bits per heavy atom. The summed E-state index contributed by atoms with van der Waals surface area (Å²) in [5, 5.41) is 11.9. The molecule has 0 spiro atoms. The van der Waals surface area contributed by atoms with E-state index in [-0.39, 0.29) is 29.7 Å². The number of anilines is 1. The summed E-state index contributed by atoms with van der Waals surface area (Å²) in [6.07, 6.45) is 4.97. The lowest BCUT2D eigenvalue weighted by molar-refractivity contribution is -0.140. The molecule has 0 aromatic heterocycles. The second kappa shape index (κ2) is 7.30. The quantitative estimate of drug-likeness (QED) is 0.780. The van der Waals surface area contributed by atoms with Crippen LogP contribution in [0.3, 0.4) is 0 Å². The largest absolute Gasteiger partial charge is 0.369 e. The molecule has 0 unspecified atom stereocenters. The van der Waals surface area contributed by atoms with Gasteiger partial charge in [-0.15, -0.1) is 0 Å². The molecule has 1 aromatic rings. The number of allylic oxidation sites excluding steroid dienone is 3. The molecule has 0 saturated heterocycles. The molecule has 3 amide bonds. The van der Waals surface area contributed by atoms with Gasteiger partial charge in [-0.25, -0.2) is 14.2 Å². The number of nitriles is 1. The summed E-state index contributed by atoms with van der Waals surface area (Å²) in [7, 11) is 1.52. The van der Waals surface area contributed by atoms with E-state index < -0.39 is 22.8 Å². The van der Waals surface area contributed by atoms with Crippen LogP contribution in [0.5, 0.6) is 0 Å². The molecule has 30 heavy (non-hydrogen) atoms. The highest BCUT2D eigenvalue weighted by Gasteiger charge is 2.53. The number of hydrogen-bond donors (Lipinski definition) is 2.